The number of aromatic nitrogens is 3. The molecule has 0 saturated heterocycles. The Morgan fingerprint density at radius 2 is 2.00 bits per heavy atom. The van der Waals surface area contributed by atoms with E-state index in [1.165, 1.54) is 5.56 Å². The summed E-state index contributed by atoms with van der Waals surface area (Å²) in [6.07, 6.45) is 3.67. The smallest absolute Gasteiger partial charge is 0.154 e. The van der Waals surface area contributed by atoms with E-state index in [9.17, 15) is 0 Å². The number of nitrogens with zero attached hydrogens (tertiary/aromatic N) is 3. The number of aryl methyl sites for hydroxylation is 1. The molecule has 78 valence electrons. The molecule has 0 saturated carbocycles. The van der Waals surface area contributed by atoms with E-state index in [1.807, 2.05) is 41.2 Å². The molecule has 0 bridgehead atoms. The van der Waals surface area contributed by atoms with Gasteiger partial charge in [-0.15, -0.1) is 0 Å². The van der Waals surface area contributed by atoms with Gasteiger partial charge in [-0.05, 0) is 30.7 Å². The van der Waals surface area contributed by atoms with E-state index in [4.69, 9.17) is 0 Å². The topological polar surface area (TPSA) is 30.7 Å². The quantitative estimate of drug-likeness (QED) is 0.617. The van der Waals surface area contributed by atoms with Crippen molar-refractivity contribution in [3.8, 4) is 5.82 Å². The molecule has 1 aromatic carbocycles. The van der Waals surface area contributed by atoms with E-state index in [1.54, 1.807) is 6.20 Å². The van der Waals surface area contributed by atoms with Crippen LogP contribution >= 0.6 is 0 Å². The average molecular weight is 209 g/mol. The fraction of sp³-hybridized carbons (Fsp3) is 0.0769. The largest absolute Gasteiger partial charge is 0.237 e. The van der Waals surface area contributed by atoms with Crippen molar-refractivity contribution in [2.45, 2.75) is 6.92 Å². The first kappa shape index (κ1) is 9.09. The summed E-state index contributed by atoms with van der Waals surface area (Å²) >= 11 is 0. The maximum absolute atomic E-state index is 4.36. The van der Waals surface area contributed by atoms with Crippen molar-refractivity contribution in [2.75, 3.05) is 0 Å². The summed E-state index contributed by atoms with van der Waals surface area (Å²) in [5.41, 5.74) is 2.27. The highest BCUT2D eigenvalue weighted by molar-refractivity contribution is 5.79. The SMILES string of the molecule is Cc1ccnc(-n2ncc3ccccc32)c1. The molecule has 2 heterocycles. The van der Waals surface area contributed by atoms with Crippen LogP contribution in [0.15, 0.2) is 48.8 Å². The number of benzene rings is 1. The maximum atomic E-state index is 4.36. The summed E-state index contributed by atoms with van der Waals surface area (Å²) in [5, 5.41) is 5.49. The van der Waals surface area contributed by atoms with Crippen LogP contribution < -0.4 is 0 Å². The fourth-order valence-corrected chi connectivity index (χ4v) is 1.79. The van der Waals surface area contributed by atoms with Gasteiger partial charge in [-0.3, -0.25) is 0 Å². The molecule has 0 aliphatic carbocycles. The zero-order valence-corrected chi connectivity index (χ0v) is 8.96. The highest BCUT2D eigenvalue weighted by atomic mass is 15.3. The molecule has 2 aromatic heterocycles. The first-order valence-electron chi connectivity index (χ1n) is 5.20. The zero-order chi connectivity index (χ0) is 11.0. The predicted molar refractivity (Wildman–Crippen MR) is 63.6 cm³/mol. The van der Waals surface area contributed by atoms with Crippen LogP contribution in [0.3, 0.4) is 0 Å². The van der Waals surface area contributed by atoms with Crippen LogP contribution in [0.5, 0.6) is 0 Å². The zero-order valence-electron chi connectivity index (χ0n) is 8.96. The van der Waals surface area contributed by atoms with E-state index in [0.717, 1.165) is 16.7 Å². The van der Waals surface area contributed by atoms with Gasteiger partial charge in [-0.1, -0.05) is 18.2 Å². The minimum absolute atomic E-state index is 0.862. The van der Waals surface area contributed by atoms with Crippen LogP contribution in [-0.2, 0) is 0 Å². The van der Waals surface area contributed by atoms with Crippen molar-refractivity contribution >= 4 is 10.9 Å². The molecule has 0 fully saturated rings. The molecule has 0 aliphatic rings. The monoisotopic (exact) mass is 209 g/mol. The number of para-hydroxylation sites is 1. The Morgan fingerprint density at radius 3 is 2.88 bits per heavy atom. The number of hydrogen-bond donors (Lipinski definition) is 0. The second-order valence-corrected chi connectivity index (χ2v) is 3.81. The molecule has 0 spiro atoms. The van der Waals surface area contributed by atoms with E-state index < -0.39 is 0 Å². The third-order valence-electron chi connectivity index (χ3n) is 2.60. The highest BCUT2D eigenvalue weighted by Crippen LogP contribution is 2.16. The van der Waals surface area contributed by atoms with Crippen molar-refractivity contribution in [2.24, 2.45) is 0 Å². The first-order chi connectivity index (χ1) is 7.84. The van der Waals surface area contributed by atoms with E-state index in [2.05, 4.69) is 23.1 Å². The molecule has 0 atom stereocenters. The summed E-state index contributed by atoms with van der Waals surface area (Å²) in [6.45, 7) is 2.05. The Morgan fingerprint density at radius 1 is 1.12 bits per heavy atom. The normalized spacial score (nSPS) is 10.8. The maximum Gasteiger partial charge on any atom is 0.154 e. The summed E-state index contributed by atoms with van der Waals surface area (Å²) in [5.74, 6) is 0.862. The van der Waals surface area contributed by atoms with Gasteiger partial charge >= 0.3 is 0 Å². The van der Waals surface area contributed by atoms with E-state index >= 15 is 0 Å². The Balaban J connectivity index is 2.26. The lowest BCUT2D eigenvalue weighted by atomic mass is 10.2. The van der Waals surface area contributed by atoms with Gasteiger partial charge < -0.3 is 0 Å². The van der Waals surface area contributed by atoms with Crippen molar-refractivity contribution in [1.82, 2.24) is 14.8 Å². The molecule has 0 aliphatic heterocycles. The Labute approximate surface area is 93.4 Å². The lowest BCUT2D eigenvalue weighted by molar-refractivity contribution is 0.872. The lowest BCUT2D eigenvalue weighted by Crippen LogP contribution is -1.98. The lowest BCUT2D eigenvalue weighted by Gasteiger charge is -2.02. The molecule has 3 rings (SSSR count). The van der Waals surface area contributed by atoms with Gasteiger partial charge in [0.2, 0.25) is 0 Å². The van der Waals surface area contributed by atoms with Gasteiger partial charge in [0.25, 0.3) is 0 Å². The van der Waals surface area contributed by atoms with Crippen LogP contribution in [0.4, 0.5) is 0 Å². The number of rotatable bonds is 1. The Kier molecular flexibility index (Phi) is 1.96. The van der Waals surface area contributed by atoms with Crippen LogP contribution in [0.25, 0.3) is 16.7 Å². The van der Waals surface area contributed by atoms with Gasteiger partial charge in [-0.25, -0.2) is 9.67 Å². The predicted octanol–water partition coefficient (Wildman–Crippen LogP) is 2.73. The standard InChI is InChI=1S/C13H11N3/c1-10-6-7-14-13(8-10)16-12-5-3-2-4-11(12)9-15-16/h2-9H,1H3. The number of pyridine rings is 1. The minimum atomic E-state index is 0.862. The molecule has 0 unspecified atom stereocenters. The van der Waals surface area contributed by atoms with Crippen LogP contribution in [0.1, 0.15) is 5.56 Å². The third kappa shape index (κ3) is 1.37. The van der Waals surface area contributed by atoms with Crippen LogP contribution in [0, 0.1) is 6.92 Å². The molecule has 3 heteroatoms. The Hall–Kier alpha value is -2.16. The average Bonchev–Trinajstić information content (AvgIpc) is 2.72. The van der Waals surface area contributed by atoms with Crippen LogP contribution in [0.2, 0.25) is 0 Å². The molecule has 0 amide bonds. The molecular formula is C13H11N3. The molecule has 0 N–H and O–H groups in total. The van der Waals surface area contributed by atoms with E-state index in [-0.39, 0.29) is 0 Å². The first-order valence-corrected chi connectivity index (χ1v) is 5.20. The van der Waals surface area contributed by atoms with Crippen molar-refractivity contribution in [3.05, 3.63) is 54.4 Å². The molecule has 0 radical (unpaired) electrons. The number of fused-ring (bicyclic) bond motifs is 1. The molecule has 16 heavy (non-hydrogen) atoms. The summed E-state index contributed by atoms with van der Waals surface area (Å²) in [7, 11) is 0. The van der Waals surface area contributed by atoms with Gasteiger partial charge in [0.15, 0.2) is 5.82 Å². The van der Waals surface area contributed by atoms with Gasteiger partial charge in [0, 0.05) is 11.6 Å². The Bertz CT molecular complexity index is 640. The molecular weight excluding hydrogens is 198 g/mol. The van der Waals surface area contributed by atoms with Crippen molar-refractivity contribution < 1.29 is 0 Å². The van der Waals surface area contributed by atoms with Crippen molar-refractivity contribution in [3.63, 3.8) is 0 Å². The third-order valence-corrected chi connectivity index (χ3v) is 2.60. The summed E-state index contributed by atoms with van der Waals surface area (Å²) < 4.78 is 1.86. The fourth-order valence-electron chi connectivity index (χ4n) is 1.79. The van der Waals surface area contributed by atoms with Gasteiger partial charge in [0.05, 0.1) is 11.7 Å². The van der Waals surface area contributed by atoms with Crippen LogP contribution in [-0.4, -0.2) is 14.8 Å². The van der Waals surface area contributed by atoms with Crippen molar-refractivity contribution in [1.29, 1.82) is 0 Å². The second kappa shape index (κ2) is 3.45. The summed E-state index contributed by atoms with van der Waals surface area (Å²) in [6, 6.07) is 12.1. The highest BCUT2D eigenvalue weighted by Gasteiger charge is 2.04. The molecule has 3 aromatic rings. The second-order valence-electron chi connectivity index (χ2n) is 3.81. The minimum Gasteiger partial charge on any atom is -0.237 e. The van der Waals surface area contributed by atoms with Gasteiger partial charge in [-0.2, -0.15) is 5.10 Å². The number of hydrogen-bond acceptors (Lipinski definition) is 2. The summed E-state index contributed by atoms with van der Waals surface area (Å²) in [4.78, 5) is 4.33. The molecule has 3 nitrogen and oxygen atoms in total. The van der Waals surface area contributed by atoms with E-state index in [0.29, 0.717) is 0 Å². The van der Waals surface area contributed by atoms with Gasteiger partial charge in [0.1, 0.15) is 0 Å².